The van der Waals surface area contributed by atoms with E-state index in [0.29, 0.717) is 11.5 Å². The number of nitrogens with one attached hydrogen (secondary N) is 1. The summed E-state index contributed by atoms with van der Waals surface area (Å²) < 4.78 is 12.5. The van der Waals surface area contributed by atoms with Gasteiger partial charge in [0, 0.05) is 5.69 Å². The molecule has 2 rings (SSSR count). The number of hydrogen-bond donors (Lipinski definition) is 1. The molecule has 16 heavy (non-hydrogen) atoms. The summed E-state index contributed by atoms with van der Waals surface area (Å²) in [5, 5.41) is 11.5. The Morgan fingerprint density at radius 3 is 2.31 bits per heavy atom. The molecule has 0 aliphatic heterocycles. The van der Waals surface area contributed by atoms with Gasteiger partial charge in [0.1, 0.15) is 0 Å². The van der Waals surface area contributed by atoms with E-state index in [-0.39, 0.29) is 0 Å². The Bertz CT molecular complexity index is 513. The average Bonchev–Trinajstić information content (AvgIpc) is 2.33. The predicted octanol–water partition coefficient (Wildman–Crippen LogP) is 2.23. The van der Waals surface area contributed by atoms with Gasteiger partial charge in [-0.15, -0.1) is 0 Å². The third kappa shape index (κ3) is 2.30. The third-order valence-corrected chi connectivity index (χ3v) is 1.89. The highest BCUT2D eigenvalue weighted by atomic mass is 19.1. The van der Waals surface area contributed by atoms with Crippen LogP contribution in [-0.2, 0) is 0 Å². The molecule has 0 aliphatic rings. The van der Waals surface area contributed by atoms with Crippen LogP contribution in [0.15, 0.2) is 36.7 Å². The maximum Gasteiger partial charge on any atom is 0.227 e. The molecule has 0 saturated carbocycles. The summed E-state index contributed by atoms with van der Waals surface area (Å²) in [5.74, 6) is -0.170. The van der Waals surface area contributed by atoms with Gasteiger partial charge in [-0.2, -0.15) is 5.26 Å². The second-order valence-corrected chi connectivity index (χ2v) is 3.04. The van der Waals surface area contributed by atoms with Crippen molar-refractivity contribution in [1.82, 2.24) is 9.97 Å². The third-order valence-electron chi connectivity index (χ3n) is 1.89. The van der Waals surface area contributed by atoms with Gasteiger partial charge < -0.3 is 5.32 Å². The van der Waals surface area contributed by atoms with Crippen LogP contribution >= 0.6 is 0 Å². The van der Waals surface area contributed by atoms with Crippen molar-refractivity contribution >= 4 is 11.6 Å². The molecule has 0 radical (unpaired) electrons. The van der Waals surface area contributed by atoms with Crippen molar-refractivity contribution in [2.75, 3.05) is 5.32 Å². The summed E-state index contributed by atoms with van der Waals surface area (Å²) in [6.07, 6.45) is 2.16. The Kier molecular flexibility index (Phi) is 2.74. The monoisotopic (exact) mass is 214 g/mol. The van der Waals surface area contributed by atoms with Crippen LogP contribution in [0.1, 0.15) is 5.56 Å². The van der Waals surface area contributed by atoms with Gasteiger partial charge in [-0.05, 0) is 24.3 Å². The van der Waals surface area contributed by atoms with Crippen molar-refractivity contribution in [2.24, 2.45) is 0 Å². The molecule has 0 aliphatic carbocycles. The van der Waals surface area contributed by atoms with Gasteiger partial charge in [-0.3, -0.25) is 0 Å². The molecule has 1 aromatic heterocycles. The smallest absolute Gasteiger partial charge is 0.227 e. The second-order valence-electron chi connectivity index (χ2n) is 3.04. The molecule has 0 spiro atoms. The molecule has 1 N–H and O–H groups in total. The van der Waals surface area contributed by atoms with E-state index >= 15 is 0 Å². The number of nitrogens with zero attached hydrogens (tertiary/aromatic N) is 3. The van der Waals surface area contributed by atoms with Crippen molar-refractivity contribution < 1.29 is 4.39 Å². The highest BCUT2D eigenvalue weighted by Crippen LogP contribution is 2.12. The molecule has 78 valence electrons. The molecule has 0 fully saturated rings. The van der Waals surface area contributed by atoms with Crippen molar-refractivity contribution in [3.63, 3.8) is 0 Å². The predicted molar refractivity (Wildman–Crippen MR) is 56.4 cm³/mol. The van der Waals surface area contributed by atoms with Crippen LogP contribution in [0.3, 0.4) is 0 Å². The van der Waals surface area contributed by atoms with Crippen LogP contribution in [0.4, 0.5) is 16.0 Å². The van der Waals surface area contributed by atoms with E-state index in [4.69, 9.17) is 5.26 Å². The zero-order valence-electron chi connectivity index (χ0n) is 8.18. The minimum Gasteiger partial charge on any atom is -0.324 e. The first kappa shape index (κ1) is 10.1. The van der Waals surface area contributed by atoms with Crippen LogP contribution < -0.4 is 5.32 Å². The fraction of sp³-hybridized carbons (Fsp3) is 0. The Hall–Kier alpha value is -2.48. The first-order chi connectivity index (χ1) is 7.78. The molecule has 0 unspecified atom stereocenters. The summed E-state index contributed by atoms with van der Waals surface area (Å²) >= 11 is 0. The largest absolute Gasteiger partial charge is 0.324 e. The van der Waals surface area contributed by atoms with E-state index in [1.165, 1.54) is 0 Å². The fourth-order valence-corrected chi connectivity index (χ4v) is 1.13. The number of anilines is 2. The first-order valence-corrected chi connectivity index (χ1v) is 4.52. The number of nitriles is 1. The Morgan fingerprint density at radius 1 is 1.12 bits per heavy atom. The van der Waals surface area contributed by atoms with E-state index in [9.17, 15) is 4.39 Å². The number of benzene rings is 1. The number of rotatable bonds is 2. The minimum atomic E-state index is -0.481. The molecule has 5 heteroatoms. The molecular formula is C11H7FN4. The lowest BCUT2D eigenvalue weighted by atomic mass is 10.2. The van der Waals surface area contributed by atoms with Crippen molar-refractivity contribution in [3.8, 4) is 6.07 Å². The SMILES string of the molecule is N#Cc1ccc(Nc2ncc(F)cn2)cc1. The molecule has 2 aromatic rings. The number of aromatic nitrogens is 2. The highest BCUT2D eigenvalue weighted by molar-refractivity contribution is 5.54. The zero-order chi connectivity index (χ0) is 11.4. The van der Waals surface area contributed by atoms with Crippen LogP contribution in [0, 0.1) is 17.1 Å². The van der Waals surface area contributed by atoms with Gasteiger partial charge >= 0.3 is 0 Å². The summed E-state index contributed by atoms with van der Waals surface area (Å²) in [6, 6.07) is 8.82. The van der Waals surface area contributed by atoms with Gasteiger partial charge in [-0.25, -0.2) is 14.4 Å². The Labute approximate surface area is 91.4 Å². The van der Waals surface area contributed by atoms with Crippen molar-refractivity contribution in [3.05, 3.63) is 48.0 Å². The molecule has 4 nitrogen and oxygen atoms in total. The van der Waals surface area contributed by atoms with E-state index in [2.05, 4.69) is 15.3 Å². The molecular weight excluding hydrogens is 207 g/mol. The minimum absolute atomic E-state index is 0.311. The summed E-state index contributed by atoms with van der Waals surface area (Å²) in [7, 11) is 0. The van der Waals surface area contributed by atoms with Gasteiger partial charge in [0.05, 0.1) is 24.0 Å². The lowest BCUT2D eigenvalue weighted by Crippen LogP contribution is -1.96. The number of halogens is 1. The summed E-state index contributed by atoms with van der Waals surface area (Å²) in [6.45, 7) is 0. The van der Waals surface area contributed by atoms with E-state index in [1.807, 2.05) is 6.07 Å². The molecule has 1 heterocycles. The second kappa shape index (κ2) is 4.36. The van der Waals surface area contributed by atoms with E-state index in [1.54, 1.807) is 24.3 Å². The highest BCUT2D eigenvalue weighted by Gasteiger charge is 1.98. The van der Waals surface area contributed by atoms with Gasteiger partial charge in [-0.1, -0.05) is 0 Å². The van der Waals surface area contributed by atoms with Gasteiger partial charge in [0.15, 0.2) is 5.82 Å². The lowest BCUT2D eigenvalue weighted by molar-refractivity contribution is 0.614. The standard InChI is InChI=1S/C11H7FN4/c12-9-6-14-11(15-7-9)16-10-3-1-8(5-13)2-4-10/h1-4,6-7H,(H,14,15,16). The normalized spacial score (nSPS) is 9.50. The van der Waals surface area contributed by atoms with Crippen LogP contribution in [0.25, 0.3) is 0 Å². The van der Waals surface area contributed by atoms with Crippen LogP contribution in [0.2, 0.25) is 0 Å². The fourth-order valence-electron chi connectivity index (χ4n) is 1.13. The van der Waals surface area contributed by atoms with Crippen molar-refractivity contribution in [1.29, 1.82) is 5.26 Å². The quantitative estimate of drug-likeness (QED) is 0.832. The summed E-state index contributed by atoms with van der Waals surface area (Å²) in [5.41, 5.74) is 1.32. The maximum absolute atomic E-state index is 12.5. The molecule has 0 saturated heterocycles. The lowest BCUT2D eigenvalue weighted by Gasteiger charge is -2.03. The Morgan fingerprint density at radius 2 is 1.75 bits per heavy atom. The molecule has 0 amide bonds. The number of hydrogen-bond acceptors (Lipinski definition) is 4. The van der Waals surface area contributed by atoms with Crippen molar-refractivity contribution in [2.45, 2.75) is 0 Å². The zero-order valence-corrected chi connectivity index (χ0v) is 8.18. The van der Waals surface area contributed by atoms with Crippen LogP contribution in [-0.4, -0.2) is 9.97 Å². The molecule has 1 aromatic carbocycles. The molecule has 0 atom stereocenters. The Balaban J connectivity index is 2.15. The summed E-state index contributed by atoms with van der Waals surface area (Å²) in [4.78, 5) is 7.51. The van der Waals surface area contributed by atoms with E-state index < -0.39 is 5.82 Å². The van der Waals surface area contributed by atoms with Gasteiger partial charge in [0.2, 0.25) is 5.95 Å². The molecule has 0 bridgehead atoms. The average molecular weight is 214 g/mol. The van der Waals surface area contributed by atoms with Crippen LogP contribution in [0.5, 0.6) is 0 Å². The maximum atomic E-state index is 12.5. The first-order valence-electron chi connectivity index (χ1n) is 4.52. The van der Waals surface area contributed by atoms with Gasteiger partial charge in [0.25, 0.3) is 0 Å². The van der Waals surface area contributed by atoms with E-state index in [0.717, 1.165) is 18.1 Å². The topological polar surface area (TPSA) is 61.6 Å².